The summed E-state index contributed by atoms with van der Waals surface area (Å²) in [6, 6.07) is 11.8. The molecule has 2 amide bonds. The number of urea groups is 1. The summed E-state index contributed by atoms with van der Waals surface area (Å²) < 4.78 is 11.2. The van der Waals surface area contributed by atoms with E-state index in [0.717, 1.165) is 33.0 Å². The van der Waals surface area contributed by atoms with E-state index in [4.69, 9.17) is 9.47 Å². The zero-order valence-electron chi connectivity index (χ0n) is 20.0. The number of nitrogens with one attached hydrogen (secondary N) is 2. The molecule has 5 nitrogen and oxygen atoms in total. The Morgan fingerprint density at radius 3 is 1.97 bits per heavy atom. The summed E-state index contributed by atoms with van der Waals surface area (Å²) in [5, 5.41) is 5.87. The summed E-state index contributed by atoms with van der Waals surface area (Å²) in [5.41, 5.74) is 3.75. The Balaban J connectivity index is 2.25. The van der Waals surface area contributed by atoms with Crippen LogP contribution < -0.4 is 15.4 Å². The lowest BCUT2D eigenvalue weighted by Gasteiger charge is -2.30. The number of carbonyl (C=O) groups is 1. The fourth-order valence-electron chi connectivity index (χ4n) is 3.21. The predicted octanol–water partition coefficient (Wildman–Crippen LogP) is 6.31. The fourth-order valence-corrected chi connectivity index (χ4v) is 3.62. The maximum absolute atomic E-state index is 12.4. The Bertz CT molecular complexity index is 846. The van der Waals surface area contributed by atoms with Gasteiger partial charge in [0.1, 0.15) is 5.75 Å². The van der Waals surface area contributed by atoms with Crippen molar-refractivity contribution in [2.45, 2.75) is 63.8 Å². The van der Waals surface area contributed by atoms with E-state index >= 15 is 0 Å². The molecule has 0 heterocycles. The molecule has 0 radical (unpaired) electrons. The van der Waals surface area contributed by atoms with E-state index < -0.39 is 0 Å². The molecule has 0 bridgehead atoms. The topological polar surface area (TPSA) is 59.6 Å². The second-order valence-corrected chi connectivity index (χ2v) is 10.5. The van der Waals surface area contributed by atoms with Crippen molar-refractivity contribution in [3.63, 3.8) is 0 Å². The van der Waals surface area contributed by atoms with Crippen molar-refractivity contribution in [2.75, 3.05) is 25.5 Å². The first kappa shape index (κ1) is 25.1. The molecule has 0 atom stereocenters. The minimum atomic E-state index is -0.230. The third kappa shape index (κ3) is 7.18. The predicted molar refractivity (Wildman–Crippen MR) is 130 cm³/mol. The number of hydrogen-bond donors (Lipinski definition) is 2. The monoisotopic (exact) mass is 444 g/mol. The van der Waals surface area contributed by atoms with Crippen LogP contribution >= 0.6 is 11.8 Å². The minimum Gasteiger partial charge on any atom is -0.467 e. The highest BCUT2D eigenvalue weighted by Gasteiger charge is 2.28. The van der Waals surface area contributed by atoms with E-state index in [1.54, 1.807) is 18.9 Å². The zero-order valence-corrected chi connectivity index (χ0v) is 20.8. The van der Waals surface area contributed by atoms with Crippen LogP contribution in [0.2, 0.25) is 0 Å². The standard InChI is InChI=1S/C25H36N2O3S/c1-24(2,3)20-13-17(14-21(25(4,5)6)22(20)30-16-29-7)15-26-23(28)27-18-9-11-19(31-8)12-10-18/h9-14H,15-16H2,1-8H3,(H2,26,27,28). The number of methoxy groups -OCH3 is 1. The van der Waals surface area contributed by atoms with Gasteiger partial charge in [-0.15, -0.1) is 11.8 Å². The molecule has 31 heavy (non-hydrogen) atoms. The van der Waals surface area contributed by atoms with Gasteiger partial charge in [-0.2, -0.15) is 0 Å². The Morgan fingerprint density at radius 2 is 1.52 bits per heavy atom. The van der Waals surface area contributed by atoms with Crippen LogP contribution in [0.15, 0.2) is 41.3 Å². The largest absolute Gasteiger partial charge is 0.467 e. The second-order valence-electron chi connectivity index (χ2n) is 9.61. The molecule has 6 heteroatoms. The molecule has 2 aromatic rings. The van der Waals surface area contributed by atoms with Gasteiger partial charge in [0.2, 0.25) is 0 Å². The number of amides is 2. The maximum atomic E-state index is 12.4. The van der Waals surface area contributed by atoms with Crippen LogP contribution in [0.4, 0.5) is 10.5 Å². The van der Waals surface area contributed by atoms with Gasteiger partial charge in [0.15, 0.2) is 6.79 Å². The number of thioether (sulfide) groups is 1. The number of anilines is 1. The Hall–Kier alpha value is -2.18. The number of hydrogen-bond acceptors (Lipinski definition) is 4. The molecule has 0 aliphatic heterocycles. The van der Waals surface area contributed by atoms with Crippen LogP contribution in [0.5, 0.6) is 5.75 Å². The quantitative estimate of drug-likeness (QED) is 0.388. The van der Waals surface area contributed by atoms with Crippen LogP contribution in [0.25, 0.3) is 0 Å². The van der Waals surface area contributed by atoms with E-state index in [1.807, 2.05) is 30.5 Å². The minimum absolute atomic E-state index is 0.125. The molecular weight excluding hydrogens is 408 g/mol. The molecule has 0 unspecified atom stereocenters. The highest BCUT2D eigenvalue weighted by molar-refractivity contribution is 7.98. The van der Waals surface area contributed by atoms with Crippen molar-refractivity contribution in [3.05, 3.63) is 53.1 Å². The molecule has 0 aliphatic rings. The van der Waals surface area contributed by atoms with E-state index in [0.29, 0.717) is 6.54 Å². The van der Waals surface area contributed by atoms with E-state index in [-0.39, 0.29) is 23.7 Å². The molecule has 2 rings (SSSR count). The first-order valence-corrected chi connectivity index (χ1v) is 11.7. The number of rotatable bonds is 7. The molecule has 0 saturated carbocycles. The Labute approximate surface area is 191 Å². The average Bonchev–Trinajstić information content (AvgIpc) is 2.69. The summed E-state index contributed by atoms with van der Waals surface area (Å²) in [5.74, 6) is 0.865. The molecular formula is C25H36N2O3S. The molecule has 0 spiro atoms. The van der Waals surface area contributed by atoms with Crippen molar-refractivity contribution >= 4 is 23.5 Å². The van der Waals surface area contributed by atoms with Crippen LogP contribution in [-0.2, 0) is 22.1 Å². The van der Waals surface area contributed by atoms with Crippen LogP contribution in [0, 0.1) is 0 Å². The lowest BCUT2D eigenvalue weighted by Crippen LogP contribution is -2.29. The summed E-state index contributed by atoms with van der Waals surface area (Å²) >= 11 is 1.67. The van der Waals surface area contributed by atoms with Gasteiger partial charge in [-0.1, -0.05) is 41.5 Å². The van der Waals surface area contributed by atoms with E-state index in [2.05, 4.69) is 64.3 Å². The molecule has 0 aromatic heterocycles. The lowest BCUT2D eigenvalue weighted by molar-refractivity contribution is 0.0484. The smallest absolute Gasteiger partial charge is 0.319 e. The van der Waals surface area contributed by atoms with Crippen LogP contribution in [-0.4, -0.2) is 26.2 Å². The van der Waals surface area contributed by atoms with Crippen LogP contribution in [0.3, 0.4) is 0 Å². The zero-order chi connectivity index (χ0) is 23.2. The molecule has 170 valence electrons. The van der Waals surface area contributed by atoms with Crippen molar-refractivity contribution in [1.82, 2.24) is 5.32 Å². The van der Waals surface area contributed by atoms with Crippen molar-refractivity contribution in [2.24, 2.45) is 0 Å². The van der Waals surface area contributed by atoms with Crippen molar-refractivity contribution in [3.8, 4) is 5.75 Å². The third-order valence-corrected chi connectivity index (χ3v) is 5.63. The number of carbonyl (C=O) groups excluding carboxylic acids is 1. The summed E-state index contributed by atoms with van der Waals surface area (Å²) in [6.07, 6.45) is 2.03. The Kier molecular flexibility index (Phi) is 8.43. The van der Waals surface area contributed by atoms with Gasteiger partial charge in [0.25, 0.3) is 0 Å². The van der Waals surface area contributed by atoms with Crippen molar-refractivity contribution in [1.29, 1.82) is 0 Å². The first-order chi connectivity index (χ1) is 14.5. The summed E-state index contributed by atoms with van der Waals surface area (Å²) in [6.45, 7) is 13.6. The molecule has 0 aliphatic carbocycles. The normalized spacial score (nSPS) is 11.9. The molecule has 2 N–H and O–H groups in total. The molecule has 0 saturated heterocycles. The number of benzene rings is 2. The highest BCUT2D eigenvalue weighted by Crippen LogP contribution is 2.40. The highest BCUT2D eigenvalue weighted by atomic mass is 32.2. The molecule has 2 aromatic carbocycles. The maximum Gasteiger partial charge on any atom is 0.319 e. The molecule has 0 fully saturated rings. The van der Waals surface area contributed by atoms with E-state index in [9.17, 15) is 4.79 Å². The van der Waals surface area contributed by atoms with Crippen molar-refractivity contribution < 1.29 is 14.3 Å². The summed E-state index contributed by atoms with van der Waals surface area (Å²) in [7, 11) is 1.62. The van der Waals surface area contributed by atoms with Gasteiger partial charge in [0, 0.05) is 35.4 Å². The summed E-state index contributed by atoms with van der Waals surface area (Å²) in [4.78, 5) is 13.6. The van der Waals surface area contributed by atoms with Gasteiger partial charge in [-0.25, -0.2) is 4.79 Å². The van der Waals surface area contributed by atoms with Gasteiger partial charge in [-0.05, 0) is 59.0 Å². The Morgan fingerprint density at radius 1 is 0.968 bits per heavy atom. The van der Waals surface area contributed by atoms with Crippen LogP contribution in [0.1, 0.15) is 58.2 Å². The SMILES string of the molecule is COCOc1c(C(C)(C)C)cc(CNC(=O)Nc2ccc(SC)cc2)cc1C(C)(C)C. The average molecular weight is 445 g/mol. The number of ether oxygens (including phenoxy) is 2. The second kappa shape index (κ2) is 10.4. The van der Waals surface area contributed by atoms with Gasteiger partial charge in [0.05, 0.1) is 0 Å². The third-order valence-electron chi connectivity index (χ3n) is 4.89. The van der Waals surface area contributed by atoms with Gasteiger partial charge >= 0.3 is 6.03 Å². The lowest BCUT2D eigenvalue weighted by atomic mass is 9.78. The van der Waals surface area contributed by atoms with E-state index in [1.165, 1.54) is 0 Å². The van der Waals surface area contributed by atoms with Gasteiger partial charge in [-0.3, -0.25) is 0 Å². The first-order valence-electron chi connectivity index (χ1n) is 10.4. The fraction of sp³-hybridized carbons (Fsp3) is 0.480. The van der Waals surface area contributed by atoms with Gasteiger partial charge < -0.3 is 20.1 Å².